The minimum atomic E-state index is -0.535. The number of likely N-dealkylation sites (tertiary alicyclic amines) is 1. The van der Waals surface area contributed by atoms with E-state index in [1.165, 1.54) is 0 Å². The van der Waals surface area contributed by atoms with Gasteiger partial charge in [0.25, 0.3) is 0 Å². The van der Waals surface area contributed by atoms with E-state index in [2.05, 4.69) is 5.32 Å². The number of hydrazine groups is 1. The molecule has 74 valence electrons. The van der Waals surface area contributed by atoms with Gasteiger partial charge in [0, 0.05) is 13.1 Å². The molecular weight excluding hydrogens is 172 g/mol. The molecule has 1 saturated heterocycles. The van der Waals surface area contributed by atoms with Crippen LogP contribution in [0.25, 0.3) is 0 Å². The number of nitrogens with zero attached hydrogens (tertiary/aromatic N) is 1. The van der Waals surface area contributed by atoms with Crippen LogP contribution in [0.3, 0.4) is 0 Å². The predicted octanol–water partition coefficient (Wildman–Crippen LogP) is -1.22. The lowest BCUT2D eigenvalue weighted by atomic mass is 10.4. The van der Waals surface area contributed by atoms with Crippen LogP contribution in [0.2, 0.25) is 0 Å². The Morgan fingerprint density at radius 2 is 1.92 bits per heavy atom. The van der Waals surface area contributed by atoms with Crippen LogP contribution in [0.4, 0.5) is 4.79 Å². The molecular formula is C7H14N4O2. The number of rotatable bonds is 2. The number of nitrogens with one attached hydrogen (secondary N) is 2. The highest BCUT2D eigenvalue weighted by atomic mass is 16.2. The van der Waals surface area contributed by atoms with Crippen LogP contribution in [0.1, 0.15) is 12.8 Å². The molecule has 0 bridgehead atoms. The average Bonchev–Trinajstić information content (AvgIpc) is 2.66. The van der Waals surface area contributed by atoms with E-state index in [1.807, 2.05) is 5.43 Å². The summed E-state index contributed by atoms with van der Waals surface area (Å²) in [6.07, 6.45) is 2.10. The maximum absolute atomic E-state index is 11.3. The second kappa shape index (κ2) is 4.66. The van der Waals surface area contributed by atoms with E-state index in [9.17, 15) is 9.59 Å². The Morgan fingerprint density at radius 3 is 2.46 bits per heavy atom. The summed E-state index contributed by atoms with van der Waals surface area (Å²) < 4.78 is 0. The second-order valence-corrected chi connectivity index (χ2v) is 2.91. The molecule has 6 heteroatoms. The Kier molecular flexibility index (Phi) is 3.51. The highest BCUT2D eigenvalue weighted by Gasteiger charge is 2.17. The quantitative estimate of drug-likeness (QED) is 0.287. The normalized spacial score (nSPS) is 15.6. The van der Waals surface area contributed by atoms with Gasteiger partial charge in [0.2, 0.25) is 5.91 Å². The molecule has 0 atom stereocenters. The van der Waals surface area contributed by atoms with Crippen molar-refractivity contribution in [1.82, 2.24) is 15.6 Å². The minimum Gasteiger partial charge on any atom is -0.341 e. The molecule has 1 aliphatic rings. The summed E-state index contributed by atoms with van der Waals surface area (Å²) in [6.45, 7) is 1.61. The lowest BCUT2D eigenvalue weighted by Crippen LogP contribution is -2.45. The molecule has 6 nitrogen and oxygen atoms in total. The van der Waals surface area contributed by atoms with Gasteiger partial charge in [-0.25, -0.2) is 10.6 Å². The number of carbonyl (C=O) groups excluding carboxylic acids is 2. The highest BCUT2D eigenvalue weighted by molar-refractivity contribution is 5.83. The summed E-state index contributed by atoms with van der Waals surface area (Å²) in [5, 5.41) is 2.34. The number of amides is 3. The number of hydrogen-bond acceptors (Lipinski definition) is 3. The molecule has 13 heavy (non-hydrogen) atoms. The lowest BCUT2D eigenvalue weighted by Gasteiger charge is -2.14. The van der Waals surface area contributed by atoms with Crippen LogP contribution in [0.5, 0.6) is 0 Å². The van der Waals surface area contributed by atoms with E-state index >= 15 is 0 Å². The van der Waals surface area contributed by atoms with Crippen LogP contribution < -0.4 is 16.6 Å². The molecule has 0 radical (unpaired) electrons. The standard InChI is InChI=1S/C7H14N4O2/c8-10-7(13)9-5-6(12)11-3-1-2-4-11/h1-5,8H2,(H2,9,10,13). The largest absolute Gasteiger partial charge is 0.341 e. The first kappa shape index (κ1) is 9.79. The lowest BCUT2D eigenvalue weighted by molar-refractivity contribution is -0.128. The van der Waals surface area contributed by atoms with Gasteiger partial charge in [0.15, 0.2) is 0 Å². The molecule has 3 amide bonds. The Hall–Kier alpha value is -1.30. The monoisotopic (exact) mass is 186 g/mol. The smallest absolute Gasteiger partial charge is 0.329 e. The zero-order valence-electron chi connectivity index (χ0n) is 7.38. The fourth-order valence-electron chi connectivity index (χ4n) is 1.29. The Morgan fingerprint density at radius 1 is 1.31 bits per heavy atom. The van der Waals surface area contributed by atoms with E-state index in [-0.39, 0.29) is 12.5 Å². The Balaban J connectivity index is 2.20. The zero-order valence-corrected chi connectivity index (χ0v) is 7.38. The predicted molar refractivity (Wildman–Crippen MR) is 46.5 cm³/mol. The SMILES string of the molecule is NNC(=O)NCC(=O)N1CCCC1. The molecule has 0 aromatic heterocycles. The highest BCUT2D eigenvalue weighted by Crippen LogP contribution is 2.06. The van der Waals surface area contributed by atoms with Gasteiger partial charge in [0.05, 0.1) is 6.54 Å². The van der Waals surface area contributed by atoms with Crippen molar-refractivity contribution in [3.8, 4) is 0 Å². The molecule has 0 spiro atoms. The molecule has 1 fully saturated rings. The fourth-order valence-corrected chi connectivity index (χ4v) is 1.29. The van der Waals surface area contributed by atoms with Crippen molar-refractivity contribution >= 4 is 11.9 Å². The molecule has 0 aromatic carbocycles. The van der Waals surface area contributed by atoms with E-state index < -0.39 is 6.03 Å². The van der Waals surface area contributed by atoms with Crippen molar-refractivity contribution in [2.75, 3.05) is 19.6 Å². The molecule has 1 aliphatic heterocycles. The summed E-state index contributed by atoms with van der Waals surface area (Å²) in [5.74, 6) is 4.77. The van der Waals surface area contributed by atoms with Crippen molar-refractivity contribution < 1.29 is 9.59 Å². The van der Waals surface area contributed by atoms with Gasteiger partial charge in [-0.15, -0.1) is 0 Å². The van der Waals surface area contributed by atoms with Gasteiger partial charge in [-0.05, 0) is 12.8 Å². The van der Waals surface area contributed by atoms with Crippen molar-refractivity contribution in [3.63, 3.8) is 0 Å². The zero-order chi connectivity index (χ0) is 9.68. The van der Waals surface area contributed by atoms with Crippen molar-refractivity contribution in [1.29, 1.82) is 0 Å². The summed E-state index contributed by atoms with van der Waals surface area (Å²) in [7, 11) is 0. The third-order valence-corrected chi connectivity index (χ3v) is 1.99. The summed E-state index contributed by atoms with van der Waals surface area (Å²) >= 11 is 0. The topological polar surface area (TPSA) is 87.5 Å². The molecule has 1 heterocycles. The van der Waals surface area contributed by atoms with Crippen LogP contribution >= 0.6 is 0 Å². The van der Waals surface area contributed by atoms with Crippen LogP contribution in [0, 0.1) is 0 Å². The summed E-state index contributed by atoms with van der Waals surface area (Å²) in [6, 6.07) is -0.535. The van der Waals surface area contributed by atoms with E-state index in [0.29, 0.717) is 0 Å². The molecule has 4 N–H and O–H groups in total. The van der Waals surface area contributed by atoms with Gasteiger partial charge < -0.3 is 10.2 Å². The van der Waals surface area contributed by atoms with Crippen molar-refractivity contribution in [2.45, 2.75) is 12.8 Å². The van der Waals surface area contributed by atoms with Gasteiger partial charge in [-0.3, -0.25) is 10.2 Å². The van der Waals surface area contributed by atoms with Crippen molar-refractivity contribution in [2.24, 2.45) is 5.84 Å². The van der Waals surface area contributed by atoms with Gasteiger partial charge in [-0.2, -0.15) is 0 Å². The van der Waals surface area contributed by atoms with Gasteiger partial charge >= 0.3 is 6.03 Å². The molecule has 0 aromatic rings. The molecule has 0 unspecified atom stereocenters. The summed E-state index contributed by atoms with van der Waals surface area (Å²) in [4.78, 5) is 23.7. The minimum absolute atomic E-state index is 0.0169. The maximum Gasteiger partial charge on any atom is 0.329 e. The third-order valence-electron chi connectivity index (χ3n) is 1.99. The molecule has 0 aliphatic carbocycles. The van der Waals surface area contributed by atoms with Gasteiger partial charge in [0.1, 0.15) is 0 Å². The van der Waals surface area contributed by atoms with E-state index in [4.69, 9.17) is 5.84 Å². The van der Waals surface area contributed by atoms with E-state index in [0.717, 1.165) is 25.9 Å². The maximum atomic E-state index is 11.3. The Bertz CT molecular complexity index is 201. The first-order chi connectivity index (χ1) is 6.24. The first-order valence-corrected chi connectivity index (χ1v) is 4.26. The van der Waals surface area contributed by atoms with Crippen molar-refractivity contribution in [3.05, 3.63) is 0 Å². The Labute approximate surface area is 76.4 Å². The number of hydrogen-bond donors (Lipinski definition) is 3. The molecule has 0 saturated carbocycles. The number of carbonyl (C=O) groups is 2. The van der Waals surface area contributed by atoms with Crippen LogP contribution in [-0.4, -0.2) is 36.5 Å². The second-order valence-electron chi connectivity index (χ2n) is 2.91. The van der Waals surface area contributed by atoms with Crippen LogP contribution in [0.15, 0.2) is 0 Å². The fraction of sp³-hybridized carbons (Fsp3) is 0.714. The van der Waals surface area contributed by atoms with Gasteiger partial charge in [-0.1, -0.05) is 0 Å². The van der Waals surface area contributed by atoms with E-state index in [1.54, 1.807) is 4.90 Å². The molecule has 1 rings (SSSR count). The summed E-state index contributed by atoms with van der Waals surface area (Å²) in [5.41, 5.74) is 1.89. The first-order valence-electron chi connectivity index (χ1n) is 4.26. The average molecular weight is 186 g/mol. The number of urea groups is 1. The third kappa shape index (κ3) is 2.90. The number of nitrogens with two attached hydrogens (primary N) is 1. The van der Waals surface area contributed by atoms with Crippen LogP contribution in [-0.2, 0) is 4.79 Å².